The van der Waals surface area contributed by atoms with Gasteiger partial charge in [-0.3, -0.25) is 0 Å². The summed E-state index contributed by atoms with van der Waals surface area (Å²) in [4.78, 5) is 0. The number of alkyl halides is 1. The van der Waals surface area contributed by atoms with Crippen LogP contribution in [0, 0.1) is 5.92 Å². The van der Waals surface area contributed by atoms with E-state index >= 15 is 0 Å². The lowest BCUT2D eigenvalue weighted by molar-refractivity contribution is 0.391. The van der Waals surface area contributed by atoms with Crippen molar-refractivity contribution in [2.24, 2.45) is 5.92 Å². The summed E-state index contributed by atoms with van der Waals surface area (Å²) in [5.41, 5.74) is 1.26. The second-order valence-electron chi connectivity index (χ2n) is 5.67. The average molecular weight is 282 g/mol. The Morgan fingerprint density at radius 1 is 1.05 bits per heavy atom. The van der Waals surface area contributed by atoms with Crippen molar-refractivity contribution >= 4 is 0 Å². The summed E-state index contributed by atoms with van der Waals surface area (Å²) < 4.78 is 11.0. The zero-order chi connectivity index (χ0) is 15.4. The molecule has 0 saturated carbocycles. The van der Waals surface area contributed by atoms with Crippen molar-refractivity contribution in [3.05, 3.63) is 29.8 Å². The van der Waals surface area contributed by atoms with Gasteiger partial charge in [-0.05, 0) is 50.3 Å². The first-order valence-electron chi connectivity index (χ1n) is 7.91. The highest BCUT2D eigenvalue weighted by Gasteiger charge is 2.07. The van der Waals surface area contributed by atoms with E-state index in [4.69, 9.17) is 0 Å². The normalized spacial score (nSPS) is 10.6. The third-order valence-electron chi connectivity index (χ3n) is 3.15. The maximum Gasteiger partial charge on any atom is 0.115 e. The van der Waals surface area contributed by atoms with Crippen LogP contribution in [-0.4, -0.2) is 11.3 Å². The Labute approximate surface area is 124 Å². The Bertz CT molecular complexity index is 327. The van der Waals surface area contributed by atoms with Crippen molar-refractivity contribution in [2.45, 2.75) is 72.4 Å². The highest BCUT2D eigenvalue weighted by Crippen LogP contribution is 2.21. The molecule has 0 unspecified atom stereocenters. The smallest absolute Gasteiger partial charge is 0.115 e. The molecule has 1 aromatic rings. The lowest BCUT2D eigenvalue weighted by Gasteiger charge is -2.14. The van der Waals surface area contributed by atoms with Crippen molar-refractivity contribution in [1.29, 1.82) is 0 Å². The van der Waals surface area contributed by atoms with Gasteiger partial charge in [0.25, 0.3) is 0 Å². The van der Waals surface area contributed by atoms with Gasteiger partial charge in [-0.15, -0.1) is 0 Å². The fourth-order valence-electron chi connectivity index (χ4n) is 2.33. The fourth-order valence-corrected chi connectivity index (χ4v) is 2.33. The summed E-state index contributed by atoms with van der Waals surface area (Å²) in [7, 11) is 0. The molecule has 20 heavy (non-hydrogen) atoms. The number of rotatable bonds is 7. The number of aryl methyl sites for hydroxylation is 1. The minimum absolute atomic E-state index is 0.389. The van der Waals surface area contributed by atoms with Crippen LogP contribution in [0.3, 0.4) is 0 Å². The first-order chi connectivity index (χ1) is 9.49. The molecule has 116 valence electrons. The van der Waals surface area contributed by atoms with Gasteiger partial charge >= 0.3 is 0 Å². The summed E-state index contributed by atoms with van der Waals surface area (Å²) in [5, 5.41) is 9.39. The first kappa shape index (κ1) is 18.9. The monoisotopic (exact) mass is 282 g/mol. The highest BCUT2D eigenvalue weighted by atomic mass is 19.1. The van der Waals surface area contributed by atoms with Gasteiger partial charge in [-0.25, -0.2) is 4.39 Å². The molecule has 1 aromatic carbocycles. The largest absolute Gasteiger partial charge is 0.508 e. The Kier molecular flexibility index (Phi) is 11.1. The first-order valence-corrected chi connectivity index (χ1v) is 7.91. The lowest BCUT2D eigenvalue weighted by Crippen LogP contribution is -2.01. The lowest BCUT2D eigenvalue weighted by atomic mass is 9.91. The Morgan fingerprint density at radius 2 is 1.60 bits per heavy atom. The third kappa shape index (κ3) is 10.8. The minimum atomic E-state index is -0.667. The van der Waals surface area contributed by atoms with E-state index in [0.717, 1.165) is 12.3 Å². The van der Waals surface area contributed by atoms with E-state index in [1.54, 1.807) is 6.07 Å². The predicted octanol–water partition coefficient (Wildman–Crippen LogP) is 5.91. The number of aromatic hydroxyl groups is 1. The molecule has 0 fully saturated rings. The van der Waals surface area contributed by atoms with Gasteiger partial charge in [0, 0.05) is 0 Å². The number of phenolic OH excluding ortho intramolecular Hbond substituents is 1. The topological polar surface area (TPSA) is 20.2 Å². The van der Waals surface area contributed by atoms with E-state index in [1.807, 2.05) is 12.1 Å². The third-order valence-corrected chi connectivity index (χ3v) is 3.15. The molecule has 0 atom stereocenters. The van der Waals surface area contributed by atoms with E-state index in [9.17, 15) is 9.50 Å². The molecule has 0 amide bonds. The quantitative estimate of drug-likeness (QED) is 0.659. The van der Waals surface area contributed by atoms with Crippen LogP contribution in [0.4, 0.5) is 4.39 Å². The molecule has 0 bridgehead atoms. The second kappa shape index (κ2) is 11.7. The molecular weight excluding hydrogens is 251 g/mol. The fraction of sp³-hybridized carbons (Fsp3) is 0.667. The van der Waals surface area contributed by atoms with Gasteiger partial charge in [-0.1, -0.05) is 51.7 Å². The maximum atomic E-state index is 11.0. The molecule has 1 N–H and O–H groups in total. The average Bonchev–Trinajstić information content (AvgIpc) is 2.36. The molecule has 1 rings (SSSR count). The predicted molar refractivity (Wildman–Crippen MR) is 86.0 cm³/mol. The van der Waals surface area contributed by atoms with Gasteiger partial charge in [0.2, 0.25) is 0 Å². The number of hydrogen-bond donors (Lipinski definition) is 1. The van der Waals surface area contributed by atoms with Gasteiger partial charge < -0.3 is 5.11 Å². The molecule has 0 aliphatic rings. The van der Waals surface area contributed by atoms with Crippen LogP contribution in [0.2, 0.25) is 0 Å². The van der Waals surface area contributed by atoms with Crippen molar-refractivity contribution in [3.8, 4) is 5.75 Å². The van der Waals surface area contributed by atoms with Gasteiger partial charge in [0.05, 0.1) is 6.17 Å². The van der Waals surface area contributed by atoms with E-state index < -0.39 is 6.17 Å². The Hall–Kier alpha value is -1.05. The molecule has 0 spiro atoms. The standard InChI is InChI=1S/C15H24O.C3H7F/c1-3-6-13(7-4-2)10-11-14-8-5-9-15(16)12-14;1-3(2)4/h5,8-9,12-13,16H,3-4,6-7,10-11H2,1-2H3;3H,1-2H3. The molecule has 0 aromatic heterocycles. The Balaban J connectivity index is 0.000000796. The molecule has 0 aliphatic heterocycles. The molecule has 1 nitrogen and oxygen atoms in total. The number of hydrogen-bond acceptors (Lipinski definition) is 1. The molecule has 2 heteroatoms. The van der Waals surface area contributed by atoms with Crippen LogP contribution in [0.25, 0.3) is 0 Å². The van der Waals surface area contributed by atoms with E-state index in [2.05, 4.69) is 19.9 Å². The number of phenols is 1. The van der Waals surface area contributed by atoms with Gasteiger partial charge in [0.1, 0.15) is 5.75 Å². The van der Waals surface area contributed by atoms with E-state index in [1.165, 1.54) is 51.5 Å². The van der Waals surface area contributed by atoms with Gasteiger partial charge in [-0.2, -0.15) is 0 Å². The van der Waals surface area contributed by atoms with Crippen molar-refractivity contribution < 1.29 is 9.50 Å². The Morgan fingerprint density at radius 3 is 2.05 bits per heavy atom. The van der Waals surface area contributed by atoms with Crippen LogP contribution in [0.5, 0.6) is 5.75 Å². The number of halogens is 1. The molecule has 0 saturated heterocycles. The van der Waals surface area contributed by atoms with Crippen molar-refractivity contribution in [1.82, 2.24) is 0 Å². The summed E-state index contributed by atoms with van der Waals surface area (Å²) in [5.74, 6) is 1.25. The SMILES string of the molecule is CC(C)F.CCCC(CCC)CCc1cccc(O)c1. The summed E-state index contributed by atoms with van der Waals surface area (Å²) >= 11 is 0. The van der Waals surface area contributed by atoms with Crippen LogP contribution >= 0.6 is 0 Å². The zero-order valence-corrected chi connectivity index (χ0v) is 13.5. The second-order valence-corrected chi connectivity index (χ2v) is 5.67. The molecule has 0 heterocycles. The van der Waals surface area contributed by atoms with Crippen molar-refractivity contribution in [2.75, 3.05) is 0 Å². The molecule has 0 aliphatic carbocycles. The summed E-state index contributed by atoms with van der Waals surface area (Å²) in [6.07, 6.45) is 6.93. The van der Waals surface area contributed by atoms with Crippen molar-refractivity contribution in [3.63, 3.8) is 0 Å². The van der Waals surface area contributed by atoms with Crippen LogP contribution in [0.1, 0.15) is 65.4 Å². The van der Waals surface area contributed by atoms with Crippen LogP contribution in [0.15, 0.2) is 24.3 Å². The van der Waals surface area contributed by atoms with Crippen LogP contribution in [-0.2, 0) is 6.42 Å². The van der Waals surface area contributed by atoms with Crippen LogP contribution < -0.4 is 0 Å². The van der Waals surface area contributed by atoms with E-state index in [0.29, 0.717) is 5.75 Å². The van der Waals surface area contributed by atoms with Gasteiger partial charge in [0.15, 0.2) is 0 Å². The summed E-state index contributed by atoms with van der Waals surface area (Å²) in [6.45, 7) is 7.52. The zero-order valence-electron chi connectivity index (χ0n) is 13.5. The molecular formula is C18H31FO. The molecule has 0 radical (unpaired) electrons. The minimum Gasteiger partial charge on any atom is -0.508 e. The summed E-state index contributed by atoms with van der Waals surface area (Å²) in [6, 6.07) is 7.65. The maximum absolute atomic E-state index is 11.0. The number of benzene rings is 1. The highest BCUT2D eigenvalue weighted by molar-refractivity contribution is 5.27. The van der Waals surface area contributed by atoms with E-state index in [-0.39, 0.29) is 0 Å².